The lowest BCUT2D eigenvalue weighted by Gasteiger charge is -2.56. The summed E-state index contributed by atoms with van der Waals surface area (Å²) in [5.41, 5.74) is 0.128. The molecule has 0 spiro atoms. The normalized spacial score (nSPS) is 20.7. The van der Waals surface area contributed by atoms with Crippen molar-refractivity contribution in [3.05, 3.63) is 0 Å². The molecule has 2 saturated heterocycles. The Morgan fingerprint density at radius 2 is 1.12 bits per heavy atom. The molecule has 0 atom stereocenters. The van der Waals surface area contributed by atoms with Gasteiger partial charge in [0.15, 0.2) is 0 Å². The number of aromatic nitrogens is 3. The molecule has 298 valence electrons. The highest BCUT2D eigenvalue weighted by molar-refractivity contribution is 6.61. The van der Waals surface area contributed by atoms with E-state index in [1.807, 2.05) is 13.8 Å². The molecule has 0 aliphatic carbocycles. The second-order valence-corrected chi connectivity index (χ2v) is 20.3. The van der Waals surface area contributed by atoms with Crippen LogP contribution in [0, 0.1) is 12.5 Å². The number of nitrogens with one attached hydrogen (secondary N) is 1. The van der Waals surface area contributed by atoms with Crippen molar-refractivity contribution in [2.24, 2.45) is 0 Å². The van der Waals surface area contributed by atoms with E-state index in [1.54, 1.807) is 0 Å². The molecule has 11 nitrogen and oxygen atoms in total. The minimum absolute atomic E-state index is 0.0320. The summed E-state index contributed by atoms with van der Waals surface area (Å²) in [7, 11) is 1.56. The third kappa shape index (κ3) is 11.0. The zero-order valence-electron chi connectivity index (χ0n) is 35.7. The Kier molecular flexibility index (Phi) is 15.7. The van der Waals surface area contributed by atoms with Crippen molar-refractivity contribution in [1.82, 2.24) is 24.8 Å². The standard InChI is InChI=1S/C40H76N8O3Si/c1-16-21-25-47(32-28-37(6,7)45(14)38(8,9)29-32)35-42-34(41-24-23-27-52(49-18-3,50-19-4)51-20-5)43-36(44-35)48(26-22-17-2)33-30-39(10,11)46(15)40(12,13)31-33/h3,32-33H,16-17,19-31H2,1-2,4-15H3,(H,41,42,43,44). The van der Waals surface area contributed by atoms with Gasteiger partial charge in [-0.3, -0.25) is 9.80 Å². The van der Waals surface area contributed by atoms with Gasteiger partial charge in [0.25, 0.3) is 0 Å². The summed E-state index contributed by atoms with van der Waals surface area (Å²) in [5, 5.41) is 3.60. The highest BCUT2D eigenvalue weighted by Crippen LogP contribution is 2.42. The summed E-state index contributed by atoms with van der Waals surface area (Å²) in [5.74, 6) is 2.16. The molecular formula is C40H76N8O3Si. The van der Waals surface area contributed by atoms with Gasteiger partial charge in [-0.05, 0) is 128 Å². The Morgan fingerprint density at radius 1 is 0.712 bits per heavy atom. The summed E-state index contributed by atoms with van der Waals surface area (Å²) in [6.45, 7) is 30.8. The first-order valence-corrected chi connectivity index (χ1v) is 22.2. The molecule has 52 heavy (non-hydrogen) atoms. The van der Waals surface area contributed by atoms with Crippen molar-refractivity contribution in [1.29, 1.82) is 0 Å². The Bertz CT molecular complexity index is 1190. The minimum Gasteiger partial charge on any atom is -0.451 e. The smallest absolute Gasteiger partial charge is 0.451 e. The van der Waals surface area contributed by atoms with Gasteiger partial charge in [0.1, 0.15) is 0 Å². The summed E-state index contributed by atoms with van der Waals surface area (Å²) in [4.78, 5) is 26.0. The van der Waals surface area contributed by atoms with E-state index < -0.39 is 8.80 Å². The van der Waals surface area contributed by atoms with Crippen LogP contribution < -0.4 is 15.1 Å². The Morgan fingerprint density at radius 3 is 1.46 bits per heavy atom. The first-order chi connectivity index (χ1) is 24.3. The van der Waals surface area contributed by atoms with E-state index in [9.17, 15) is 0 Å². The number of piperidine rings is 2. The van der Waals surface area contributed by atoms with Gasteiger partial charge in [-0.25, -0.2) is 0 Å². The molecule has 0 bridgehead atoms. The Balaban J connectivity index is 2.11. The quantitative estimate of drug-likeness (QED) is 0.0806. The summed E-state index contributed by atoms with van der Waals surface area (Å²) < 4.78 is 17.7. The second kappa shape index (κ2) is 18.4. The van der Waals surface area contributed by atoms with E-state index in [-0.39, 0.29) is 22.2 Å². The fraction of sp³-hybridized carbons (Fsp3) is 0.875. The SMILES string of the molecule is C#CO[Si](CCCNc1nc(N(CCCC)C2CC(C)(C)N(C)C(C)(C)C2)nc(N(CCCC)C2CC(C)(C)N(C)C(C)(C)C2)n1)(OCC)OCC. The molecule has 2 aliphatic heterocycles. The van der Waals surface area contributed by atoms with E-state index in [0.717, 1.165) is 82.8 Å². The number of hydrogen-bond donors (Lipinski definition) is 1. The van der Waals surface area contributed by atoms with Gasteiger partial charge in [-0.15, -0.1) is 0 Å². The van der Waals surface area contributed by atoms with Gasteiger partial charge in [-0.1, -0.05) is 33.1 Å². The number of anilines is 3. The molecule has 2 fully saturated rings. The molecule has 3 heterocycles. The lowest BCUT2D eigenvalue weighted by molar-refractivity contribution is -0.0130. The fourth-order valence-electron chi connectivity index (χ4n) is 8.65. The molecule has 0 radical (unpaired) electrons. The van der Waals surface area contributed by atoms with Gasteiger partial charge >= 0.3 is 8.80 Å². The predicted molar refractivity (Wildman–Crippen MR) is 219 cm³/mol. The molecule has 2 aliphatic rings. The van der Waals surface area contributed by atoms with Crippen molar-refractivity contribution in [2.75, 3.05) is 62.1 Å². The molecule has 1 aromatic rings. The molecule has 3 rings (SSSR count). The van der Waals surface area contributed by atoms with Gasteiger partial charge < -0.3 is 28.4 Å². The number of likely N-dealkylation sites (tertiary alicyclic amines) is 2. The van der Waals surface area contributed by atoms with Crippen molar-refractivity contribution >= 4 is 26.6 Å². The van der Waals surface area contributed by atoms with Crippen LogP contribution in [0.5, 0.6) is 0 Å². The molecule has 0 aromatic carbocycles. The van der Waals surface area contributed by atoms with Crippen LogP contribution in [0.4, 0.5) is 17.8 Å². The lowest BCUT2D eigenvalue weighted by atomic mass is 9.77. The number of hydrogen-bond acceptors (Lipinski definition) is 11. The van der Waals surface area contributed by atoms with Crippen LogP contribution in [-0.2, 0) is 13.3 Å². The third-order valence-electron chi connectivity index (χ3n) is 12.0. The average molecular weight is 745 g/mol. The highest BCUT2D eigenvalue weighted by atomic mass is 28.4. The van der Waals surface area contributed by atoms with Crippen LogP contribution >= 0.6 is 0 Å². The number of unbranched alkanes of at least 4 members (excludes halogenated alkanes) is 2. The molecule has 0 saturated carbocycles. The lowest BCUT2D eigenvalue weighted by Crippen LogP contribution is -2.63. The molecule has 12 heteroatoms. The van der Waals surface area contributed by atoms with E-state index in [0.29, 0.717) is 43.8 Å². The monoisotopic (exact) mass is 745 g/mol. The maximum absolute atomic E-state index is 6.02. The maximum atomic E-state index is 6.02. The largest absolute Gasteiger partial charge is 0.574 e. The zero-order valence-corrected chi connectivity index (χ0v) is 36.7. The van der Waals surface area contributed by atoms with Crippen LogP contribution in [0.3, 0.4) is 0 Å². The topological polar surface area (TPSA) is 91.4 Å². The summed E-state index contributed by atoms with van der Waals surface area (Å²) in [6, 6.07) is 1.19. The predicted octanol–water partition coefficient (Wildman–Crippen LogP) is 7.81. The molecule has 0 amide bonds. The molecule has 1 aromatic heterocycles. The van der Waals surface area contributed by atoms with Crippen molar-refractivity contribution < 1.29 is 13.3 Å². The van der Waals surface area contributed by atoms with Gasteiger partial charge in [0.2, 0.25) is 17.8 Å². The van der Waals surface area contributed by atoms with E-state index in [4.69, 9.17) is 34.7 Å². The fourth-order valence-corrected chi connectivity index (χ4v) is 10.9. The van der Waals surface area contributed by atoms with Crippen molar-refractivity contribution in [3.8, 4) is 12.5 Å². The minimum atomic E-state index is -2.99. The highest BCUT2D eigenvalue weighted by Gasteiger charge is 2.47. The average Bonchev–Trinajstić information content (AvgIpc) is 3.05. The first kappa shape index (κ1) is 44.2. The van der Waals surface area contributed by atoms with Gasteiger partial charge in [0, 0.05) is 73.1 Å². The molecule has 0 unspecified atom stereocenters. The van der Waals surface area contributed by atoms with Gasteiger partial charge in [0.05, 0.1) is 6.11 Å². The van der Waals surface area contributed by atoms with Crippen LogP contribution in [0.15, 0.2) is 0 Å². The maximum Gasteiger partial charge on any atom is 0.574 e. The molecular weight excluding hydrogens is 669 g/mol. The number of rotatable bonds is 20. The van der Waals surface area contributed by atoms with Crippen molar-refractivity contribution in [2.45, 2.75) is 181 Å². The Hall–Kier alpha value is -2.17. The van der Waals surface area contributed by atoms with Crippen molar-refractivity contribution in [3.63, 3.8) is 0 Å². The van der Waals surface area contributed by atoms with Crippen LogP contribution in [0.25, 0.3) is 0 Å². The Labute approximate surface area is 319 Å². The first-order valence-electron chi connectivity index (χ1n) is 20.2. The van der Waals surface area contributed by atoms with Gasteiger partial charge in [-0.2, -0.15) is 15.0 Å². The third-order valence-corrected chi connectivity index (χ3v) is 14.8. The van der Waals surface area contributed by atoms with E-state index >= 15 is 0 Å². The van der Waals surface area contributed by atoms with E-state index in [2.05, 4.69) is 114 Å². The molecule has 1 N–H and O–H groups in total. The summed E-state index contributed by atoms with van der Waals surface area (Å²) in [6.07, 6.45) is 17.2. The van der Waals surface area contributed by atoms with Crippen LogP contribution in [0.1, 0.15) is 141 Å². The number of terminal acetylenes is 1. The van der Waals surface area contributed by atoms with Crippen LogP contribution in [-0.4, -0.2) is 115 Å². The second-order valence-electron chi connectivity index (χ2n) is 17.6. The zero-order chi connectivity index (χ0) is 39.0. The summed E-state index contributed by atoms with van der Waals surface area (Å²) >= 11 is 0. The number of nitrogens with zero attached hydrogens (tertiary/aromatic N) is 7. The van der Waals surface area contributed by atoms with E-state index in [1.165, 1.54) is 0 Å². The van der Waals surface area contributed by atoms with Crippen LogP contribution in [0.2, 0.25) is 6.04 Å².